The minimum Gasteiger partial charge on any atom is -0.371 e. The second kappa shape index (κ2) is 8.97. The lowest BCUT2D eigenvalue weighted by atomic mass is 9.76. The molecule has 1 N–H and O–H groups in total. The Labute approximate surface area is 195 Å². The Kier molecular flexibility index (Phi) is 6.21. The van der Waals surface area contributed by atoms with Gasteiger partial charge in [-0.15, -0.1) is 0 Å². The second-order valence-corrected chi connectivity index (χ2v) is 8.83. The Morgan fingerprint density at radius 2 is 1.85 bits per heavy atom. The van der Waals surface area contributed by atoms with E-state index in [1.54, 1.807) is 23.1 Å². The van der Waals surface area contributed by atoms with Crippen molar-refractivity contribution in [3.05, 3.63) is 59.4 Å². The van der Waals surface area contributed by atoms with Crippen LogP contribution in [-0.4, -0.2) is 54.4 Å². The summed E-state index contributed by atoms with van der Waals surface area (Å²) in [5, 5.41) is 11.7. The van der Waals surface area contributed by atoms with Crippen molar-refractivity contribution >= 4 is 17.5 Å². The second-order valence-electron chi connectivity index (χ2n) is 8.83. The van der Waals surface area contributed by atoms with Gasteiger partial charge in [-0.05, 0) is 55.0 Å². The summed E-state index contributed by atoms with van der Waals surface area (Å²) in [7, 11) is 1.54. The first-order valence-corrected chi connectivity index (χ1v) is 11.0. The first-order chi connectivity index (χ1) is 16.2. The van der Waals surface area contributed by atoms with Crippen molar-refractivity contribution in [2.45, 2.75) is 31.5 Å². The van der Waals surface area contributed by atoms with Gasteiger partial charge in [-0.1, -0.05) is 0 Å². The number of carbonyl (C=O) groups excluding carboxylic acids is 2. The van der Waals surface area contributed by atoms with Gasteiger partial charge in [-0.3, -0.25) is 14.6 Å². The number of hydrogen-bond acceptors (Lipinski definition) is 5. The maximum Gasteiger partial charge on any atom is 0.417 e. The molecular formula is C24H24F3N5O2. The Balaban J connectivity index is 1.53. The zero-order chi connectivity index (χ0) is 24.5. The van der Waals surface area contributed by atoms with Crippen LogP contribution < -0.4 is 10.2 Å². The van der Waals surface area contributed by atoms with Crippen molar-refractivity contribution in [1.29, 1.82) is 5.26 Å². The lowest BCUT2D eigenvalue weighted by molar-refractivity contribution is -0.137. The zero-order valence-corrected chi connectivity index (χ0v) is 18.6. The van der Waals surface area contributed by atoms with E-state index >= 15 is 0 Å². The molecule has 0 saturated carbocycles. The van der Waals surface area contributed by atoms with Gasteiger partial charge >= 0.3 is 6.18 Å². The SMILES string of the molecule is CNC(=O)C1CC2(CCN(c3ccc(C#N)c(C(F)(F)F)c3)CC2)CN1C(=O)c1ccncc1. The lowest BCUT2D eigenvalue weighted by Crippen LogP contribution is -2.45. The highest BCUT2D eigenvalue weighted by atomic mass is 19.4. The molecule has 178 valence electrons. The van der Waals surface area contributed by atoms with E-state index in [0.717, 1.165) is 6.07 Å². The number of likely N-dealkylation sites (N-methyl/N-ethyl adjacent to an activating group) is 1. The molecule has 34 heavy (non-hydrogen) atoms. The Bertz CT molecular complexity index is 1120. The van der Waals surface area contributed by atoms with Crippen molar-refractivity contribution in [2.24, 2.45) is 5.41 Å². The molecule has 1 spiro atoms. The predicted molar refractivity (Wildman–Crippen MR) is 118 cm³/mol. The third-order valence-corrected chi connectivity index (χ3v) is 6.86. The molecule has 7 nitrogen and oxygen atoms in total. The van der Waals surface area contributed by atoms with Gasteiger partial charge in [-0.2, -0.15) is 18.4 Å². The highest BCUT2D eigenvalue weighted by Crippen LogP contribution is 2.45. The molecule has 1 aromatic heterocycles. The van der Waals surface area contributed by atoms with Gasteiger partial charge in [0.05, 0.1) is 17.2 Å². The van der Waals surface area contributed by atoms with Gasteiger partial charge in [0.2, 0.25) is 5.91 Å². The van der Waals surface area contributed by atoms with E-state index in [-0.39, 0.29) is 17.2 Å². The largest absolute Gasteiger partial charge is 0.417 e. The van der Waals surface area contributed by atoms with E-state index in [0.29, 0.717) is 50.1 Å². The summed E-state index contributed by atoms with van der Waals surface area (Å²) in [6.07, 6.45) is 0.193. The van der Waals surface area contributed by atoms with Crippen molar-refractivity contribution in [3.63, 3.8) is 0 Å². The first kappa shape index (κ1) is 23.5. The minimum atomic E-state index is -4.61. The van der Waals surface area contributed by atoms with Crippen LogP contribution in [0, 0.1) is 16.7 Å². The minimum absolute atomic E-state index is 0.233. The van der Waals surface area contributed by atoms with Gasteiger partial charge in [0.25, 0.3) is 5.91 Å². The first-order valence-electron chi connectivity index (χ1n) is 11.0. The Hall–Kier alpha value is -3.61. The summed E-state index contributed by atoms with van der Waals surface area (Å²) in [5.41, 5.74) is -0.778. The number of amides is 2. The molecule has 10 heteroatoms. The monoisotopic (exact) mass is 471 g/mol. The maximum atomic E-state index is 13.4. The van der Waals surface area contributed by atoms with Crippen LogP contribution in [0.2, 0.25) is 0 Å². The number of rotatable bonds is 3. The van der Waals surface area contributed by atoms with Crippen LogP contribution in [0.25, 0.3) is 0 Å². The molecule has 1 unspecified atom stereocenters. The normalized spacial score (nSPS) is 19.7. The van der Waals surface area contributed by atoms with E-state index in [4.69, 9.17) is 5.26 Å². The summed E-state index contributed by atoms with van der Waals surface area (Å²) < 4.78 is 40.2. The molecule has 2 fully saturated rings. The molecular weight excluding hydrogens is 447 g/mol. The van der Waals surface area contributed by atoms with Crippen molar-refractivity contribution in [2.75, 3.05) is 31.6 Å². The fraction of sp³-hybridized carbons (Fsp3) is 0.417. The number of aromatic nitrogens is 1. The fourth-order valence-electron chi connectivity index (χ4n) is 4.99. The molecule has 2 aliphatic rings. The van der Waals surface area contributed by atoms with Gasteiger partial charge in [0.15, 0.2) is 0 Å². The standard InChI is InChI=1S/C24H24F3N5O2/c1-29-21(33)20-13-23(15-32(20)22(34)16-4-8-30-9-5-16)6-10-31(11-7-23)18-3-2-17(14-28)19(12-18)24(25,26)27/h2-5,8-9,12,20H,6-7,10-11,13,15H2,1H3,(H,29,33). The summed E-state index contributed by atoms with van der Waals surface area (Å²) in [5.74, 6) is -0.471. The van der Waals surface area contributed by atoms with Crippen LogP contribution in [0.15, 0.2) is 42.7 Å². The number of nitrogens with one attached hydrogen (secondary N) is 1. The van der Waals surface area contributed by atoms with E-state index in [1.165, 1.54) is 31.6 Å². The Morgan fingerprint density at radius 1 is 1.18 bits per heavy atom. The Morgan fingerprint density at radius 3 is 2.44 bits per heavy atom. The molecule has 0 aliphatic carbocycles. The van der Waals surface area contributed by atoms with Crippen LogP contribution in [0.4, 0.5) is 18.9 Å². The molecule has 0 radical (unpaired) electrons. The van der Waals surface area contributed by atoms with E-state index in [1.807, 2.05) is 4.90 Å². The highest BCUT2D eigenvalue weighted by Gasteiger charge is 2.49. The van der Waals surface area contributed by atoms with Gasteiger partial charge < -0.3 is 15.1 Å². The third kappa shape index (κ3) is 4.42. The number of benzene rings is 1. The molecule has 1 aromatic carbocycles. The van der Waals surface area contributed by atoms with Crippen LogP contribution in [0.5, 0.6) is 0 Å². The fourth-order valence-corrected chi connectivity index (χ4v) is 4.99. The number of pyridine rings is 1. The van der Waals surface area contributed by atoms with Crippen molar-refractivity contribution < 1.29 is 22.8 Å². The molecule has 0 bridgehead atoms. The zero-order valence-electron chi connectivity index (χ0n) is 18.6. The number of anilines is 1. The molecule has 2 aromatic rings. The average molecular weight is 471 g/mol. The van der Waals surface area contributed by atoms with Gasteiger partial charge in [-0.25, -0.2) is 0 Å². The predicted octanol–water partition coefficient (Wildman–Crippen LogP) is 3.22. The van der Waals surface area contributed by atoms with Crippen molar-refractivity contribution in [3.8, 4) is 6.07 Å². The summed E-state index contributed by atoms with van der Waals surface area (Å²) >= 11 is 0. The van der Waals surface area contributed by atoms with Crippen LogP contribution >= 0.6 is 0 Å². The van der Waals surface area contributed by atoms with Crippen LogP contribution in [0.3, 0.4) is 0 Å². The number of likely N-dealkylation sites (tertiary alicyclic amines) is 1. The number of nitriles is 1. The smallest absolute Gasteiger partial charge is 0.371 e. The number of alkyl halides is 3. The summed E-state index contributed by atoms with van der Waals surface area (Å²) in [6, 6.07) is 7.98. The van der Waals surface area contributed by atoms with E-state index < -0.39 is 23.3 Å². The molecule has 2 amide bonds. The number of nitrogens with zero attached hydrogens (tertiary/aromatic N) is 4. The van der Waals surface area contributed by atoms with Crippen molar-refractivity contribution in [1.82, 2.24) is 15.2 Å². The third-order valence-electron chi connectivity index (χ3n) is 6.86. The lowest BCUT2D eigenvalue weighted by Gasteiger charge is -2.40. The molecule has 4 rings (SSSR count). The van der Waals surface area contributed by atoms with E-state index in [9.17, 15) is 22.8 Å². The highest BCUT2D eigenvalue weighted by molar-refractivity contribution is 5.98. The number of halogens is 3. The van der Waals surface area contributed by atoms with Crippen LogP contribution in [0.1, 0.15) is 40.7 Å². The molecule has 2 saturated heterocycles. The van der Waals surface area contributed by atoms with Gasteiger partial charge in [0.1, 0.15) is 6.04 Å². The topological polar surface area (TPSA) is 89.3 Å². The number of piperidine rings is 1. The average Bonchev–Trinajstić information content (AvgIpc) is 3.22. The molecule has 2 aliphatic heterocycles. The number of hydrogen-bond donors (Lipinski definition) is 1. The molecule has 3 heterocycles. The van der Waals surface area contributed by atoms with Gasteiger partial charge in [0, 0.05) is 50.3 Å². The summed E-state index contributed by atoms with van der Waals surface area (Å²) in [6.45, 7) is 1.38. The van der Waals surface area contributed by atoms with E-state index in [2.05, 4.69) is 10.3 Å². The van der Waals surface area contributed by atoms with Crippen LogP contribution in [-0.2, 0) is 11.0 Å². The quantitative estimate of drug-likeness (QED) is 0.743. The number of carbonyl (C=O) groups is 2. The maximum absolute atomic E-state index is 13.4. The summed E-state index contributed by atoms with van der Waals surface area (Å²) in [4.78, 5) is 33.2. The molecule has 1 atom stereocenters.